The number of benzene rings is 1. The SMILES string of the molecule is Cc1ccc(NCc2ccc(C(C)(C)C)s2)cc1Cl. The van der Waals surface area contributed by atoms with Crippen LogP contribution in [-0.4, -0.2) is 0 Å². The van der Waals surface area contributed by atoms with Crippen LogP contribution >= 0.6 is 22.9 Å². The lowest BCUT2D eigenvalue weighted by Gasteiger charge is -2.15. The maximum atomic E-state index is 6.12. The molecule has 102 valence electrons. The van der Waals surface area contributed by atoms with Crippen LogP contribution in [0.5, 0.6) is 0 Å². The van der Waals surface area contributed by atoms with Crippen LogP contribution in [-0.2, 0) is 12.0 Å². The summed E-state index contributed by atoms with van der Waals surface area (Å²) in [5.41, 5.74) is 2.41. The van der Waals surface area contributed by atoms with Crippen molar-refractivity contribution in [2.24, 2.45) is 0 Å². The van der Waals surface area contributed by atoms with E-state index in [0.717, 1.165) is 22.8 Å². The molecule has 1 heterocycles. The van der Waals surface area contributed by atoms with E-state index in [1.165, 1.54) is 9.75 Å². The zero-order chi connectivity index (χ0) is 14.0. The molecule has 2 rings (SSSR count). The predicted octanol–water partition coefficient (Wildman–Crippen LogP) is 5.62. The Hall–Kier alpha value is -0.990. The van der Waals surface area contributed by atoms with Crippen molar-refractivity contribution in [1.82, 2.24) is 0 Å². The number of hydrogen-bond donors (Lipinski definition) is 1. The van der Waals surface area contributed by atoms with Crippen LogP contribution < -0.4 is 5.32 Å². The molecular weight excluding hydrogens is 274 g/mol. The fourth-order valence-corrected chi connectivity index (χ4v) is 2.95. The number of anilines is 1. The number of halogens is 1. The second-order valence-electron chi connectivity index (χ2n) is 5.83. The summed E-state index contributed by atoms with van der Waals surface area (Å²) in [6.07, 6.45) is 0. The highest BCUT2D eigenvalue weighted by Crippen LogP contribution is 2.30. The molecule has 0 bridgehead atoms. The van der Waals surface area contributed by atoms with E-state index < -0.39 is 0 Å². The fourth-order valence-electron chi connectivity index (χ4n) is 1.77. The van der Waals surface area contributed by atoms with Crippen molar-refractivity contribution in [2.45, 2.75) is 39.7 Å². The quantitative estimate of drug-likeness (QED) is 0.774. The Labute approximate surface area is 124 Å². The lowest BCUT2D eigenvalue weighted by molar-refractivity contribution is 0.604. The lowest BCUT2D eigenvalue weighted by Crippen LogP contribution is -2.07. The molecule has 1 aromatic carbocycles. The van der Waals surface area contributed by atoms with Gasteiger partial charge in [0.15, 0.2) is 0 Å². The van der Waals surface area contributed by atoms with Gasteiger partial charge in [0.25, 0.3) is 0 Å². The highest BCUT2D eigenvalue weighted by molar-refractivity contribution is 7.12. The molecule has 3 heteroatoms. The fraction of sp³-hybridized carbons (Fsp3) is 0.375. The van der Waals surface area contributed by atoms with Gasteiger partial charge in [-0.2, -0.15) is 0 Å². The molecule has 1 nitrogen and oxygen atoms in total. The molecule has 1 aromatic heterocycles. The summed E-state index contributed by atoms with van der Waals surface area (Å²) < 4.78 is 0. The summed E-state index contributed by atoms with van der Waals surface area (Å²) >= 11 is 7.99. The van der Waals surface area contributed by atoms with Gasteiger partial charge in [0.1, 0.15) is 0 Å². The van der Waals surface area contributed by atoms with Gasteiger partial charge in [-0.1, -0.05) is 38.4 Å². The van der Waals surface area contributed by atoms with Gasteiger partial charge >= 0.3 is 0 Å². The van der Waals surface area contributed by atoms with Crippen molar-refractivity contribution >= 4 is 28.6 Å². The lowest BCUT2D eigenvalue weighted by atomic mass is 9.95. The summed E-state index contributed by atoms with van der Waals surface area (Å²) in [6.45, 7) is 9.60. The Morgan fingerprint density at radius 2 is 1.89 bits per heavy atom. The molecule has 0 saturated heterocycles. The Balaban J connectivity index is 2.02. The summed E-state index contributed by atoms with van der Waals surface area (Å²) in [6, 6.07) is 10.5. The van der Waals surface area contributed by atoms with Crippen LogP contribution in [0.25, 0.3) is 0 Å². The van der Waals surface area contributed by atoms with Gasteiger partial charge in [0, 0.05) is 27.0 Å². The van der Waals surface area contributed by atoms with Crippen LogP contribution in [0.3, 0.4) is 0 Å². The highest BCUT2D eigenvalue weighted by Gasteiger charge is 2.15. The summed E-state index contributed by atoms with van der Waals surface area (Å²) in [4.78, 5) is 2.77. The molecule has 0 saturated carbocycles. The van der Waals surface area contributed by atoms with Gasteiger partial charge in [-0.05, 0) is 42.2 Å². The van der Waals surface area contributed by atoms with Gasteiger partial charge in [0.05, 0.1) is 0 Å². The normalized spacial score (nSPS) is 11.6. The standard InChI is InChI=1S/C16H20ClNS/c1-11-5-6-12(9-14(11)17)18-10-13-7-8-15(19-13)16(2,3)4/h5-9,18H,10H2,1-4H3. The van der Waals surface area contributed by atoms with Crippen LogP contribution in [0, 0.1) is 6.92 Å². The largest absolute Gasteiger partial charge is 0.380 e. The molecule has 0 aliphatic heterocycles. The van der Waals surface area contributed by atoms with Crippen LogP contribution in [0.4, 0.5) is 5.69 Å². The molecule has 0 atom stereocenters. The molecule has 0 aliphatic rings. The first kappa shape index (κ1) is 14.4. The Kier molecular flexibility index (Phi) is 4.22. The third kappa shape index (κ3) is 3.74. The molecule has 2 aromatic rings. The molecule has 0 radical (unpaired) electrons. The Morgan fingerprint density at radius 1 is 1.16 bits per heavy atom. The minimum Gasteiger partial charge on any atom is -0.380 e. The van der Waals surface area contributed by atoms with E-state index in [0.29, 0.717) is 0 Å². The maximum Gasteiger partial charge on any atom is 0.0494 e. The average molecular weight is 294 g/mol. The monoisotopic (exact) mass is 293 g/mol. The molecule has 0 aliphatic carbocycles. The van der Waals surface area contributed by atoms with E-state index in [1.54, 1.807) is 0 Å². The summed E-state index contributed by atoms with van der Waals surface area (Å²) in [7, 11) is 0. The average Bonchev–Trinajstić information content (AvgIpc) is 2.79. The minimum absolute atomic E-state index is 0.232. The molecule has 1 N–H and O–H groups in total. The van der Waals surface area contributed by atoms with Gasteiger partial charge in [-0.3, -0.25) is 0 Å². The second kappa shape index (κ2) is 5.56. The first-order valence-corrected chi connectivity index (χ1v) is 7.65. The Morgan fingerprint density at radius 3 is 2.47 bits per heavy atom. The zero-order valence-corrected chi connectivity index (χ0v) is 13.5. The smallest absolute Gasteiger partial charge is 0.0494 e. The first-order chi connectivity index (χ1) is 8.86. The number of aryl methyl sites for hydroxylation is 1. The van der Waals surface area contributed by atoms with Gasteiger partial charge in [-0.25, -0.2) is 0 Å². The minimum atomic E-state index is 0.232. The van der Waals surface area contributed by atoms with E-state index in [-0.39, 0.29) is 5.41 Å². The van der Waals surface area contributed by atoms with Crippen LogP contribution in [0.1, 0.15) is 36.1 Å². The number of nitrogens with one attached hydrogen (secondary N) is 1. The molecule has 0 unspecified atom stereocenters. The molecule has 0 spiro atoms. The van der Waals surface area contributed by atoms with Gasteiger partial charge < -0.3 is 5.32 Å². The van der Waals surface area contributed by atoms with Gasteiger partial charge in [-0.15, -0.1) is 11.3 Å². The van der Waals surface area contributed by atoms with E-state index in [2.05, 4.69) is 44.3 Å². The number of thiophene rings is 1. The molecule has 0 amide bonds. The zero-order valence-electron chi connectivity index (χ0n) is 11.9. The maximum absolute atomic E-state index is 6.12. The van der Waals surface area contributed by atoms with Gasteiger partial charge in [0.2, 0.25) is 0 Å². The third-order valence-corrected chi connectivity index (χ3v) is 4.96. The van der Waals surface area contributed by atoms with Crippen molar-refractivity contribution in [2.75, 3.05) is 5.32 Å². The first-order valence-electron chi connectivity index (χ1n) is 6.45. The van der Waals surface area contributed by atoms with Crippen molar-refractivity contribution in [3.63, 3.8) is 0 Å². The van der Waals surface area contributed by atoms with E-state index in [1.807, 2.05) is 30.4 Å². The highest BCUT2D eigenvalue weighted by atomic mass is 35.5. The Bertz CT molecular complexity index is 566. The molecule has 19 heavy (non-hydrogen) atoms. The molecule has 0 fully saturated rings. The summed E-state index contributed by atoms with van der Waals surface area (Å²) in [5, 5.41) is 4.23. The second-order valence-corrected chi connectivity index (χ2v) is 7.41. The van der Waals surface area contributed by atoms with Crippen molar-refractivity contribution < 1.29 is 0 Å². The van der Waals surface area contributed by atoms with Crippen molar-refractivity contribution in [3.8, 4) is 0 Å². The van der Waals surface area contributed by atoms with E-state index in [4.69, 9.17) is 11.6 Å². The van der Waals surface area contributed by atoms with Crippen molar-refractivity contribution in [3.05, 3.63) is 50.7 Å². The number of rotatable bonds is 3. The topological polar surface area (TPSA) is 12.0 Å². The van der Waals surface area contributed by atoms with Crippen LogP contribution in [0.15, 0.2) is 30.3 Å². The van der Waals surface area contributed by atoms with Crippen LogP contribution in [0.2, 0.25) is 5.02 Å². The predicted molar refractivity (Wildman–Crippen MR) is 86.5 cm³/mol. The number of hydrogen-bond acceptors (Lipinski definition) is 2. The molecular formula is C16H20ClNS. The van der Waals surface area contributed by atoms with E-state index in [9.17, 15) is 0 Å². The third-order valence-electron chi connectivity index (χ3n) is 3.04. The van der Waals surface area contributed by atoms with Crippen molar-refractivity contribution in [1.29, 1.82) is 0 Å². The summed E-state index contributed by atoms with van der Waals surface area (Å²) in [5.74, 6) is 0. The van der Waals surface area contributed by atoms with E-state index >= 15 is 0 Å².